The van der Waals surface area contributed by atoms with Gasteiger partial charge in [-0.3, -0.25) is 4.90 Å². The lowest BCUT2D eigenvalue weighted by Gasteiger charge is -2.26. The first-order valence-corrected chi connectivity index (χ1v) is 12.9. The molecule has 1 atom stereocenters. The van der Waals surface area contributed by atoms with E-state index in [0.717, 1.165) is 57.8 Å². The summed E-state index contributed by atoms with van der Waals surface area (Å²) in [5.41, 5.74) is 4.24. The molecule has 7 nitrogen and oxygen atoms in total. The number of hydrogen-bond acceptors (Lipinski definition) is 6. The van der Waals surface area contributed by atoms with Gasteiger partial charge in [-0.25, -0.2) is 19.2 Å². The van der Waals surface area contributed by atoms with Crippen LogP contribution >= 0.6 is 20.6 Å². The number of imidazole rings is 1. The molecule has 4 heterocycles. The first kappa shape index (κ1) is 24.6. The van der Waals surface area contributed by atoms with Gasteiger partial charge in [-0.15, -0.1) is 20.6 Å². The van der Waals surface area contributed by atoms with E-state index in [-0.39, 0.29) is 12.4 Å². The number of ether oxygens (including phenoxy) is 1. The fourth-order valence-corrected chi connectivity index (χ4v) is 5.51. The minimum atomic E-state index is -0.924. The summed E-state index contributed by atoms with van der Waals surface area (Å²) in [4.78, 5) is 24.0. The van der Waals surface area contributed by atoms with E-state index in [1.807, 2.05) is 30.7 Å². The van der Waals surface area contributed by atoms with E-state index in [9.17, 15) is 14.3 Å². The maximum Gasteiger partial charge on any atom is 0.346 e. The summed E-state index contributed by atoms with van der Waals surface area (Å²) in [5.74, 6) is 0.178. The number of rotatable bonds is 7. The Morgan fingerprint density at radius 2 is 2.08 bits per heavy atom. The van der Waals surface area contributed by atoms with Crippen molar-refractivity contribution in [3.8, 4) is 5.88 Å². The third kappa shape index (κ3) is 5.05. The zero-order valence-electron chi connectivity index (χ0n) is 20.0. The molecule has 1 unspecified atom stereocenters. The molecule has 0 fully saturated rings. The van der Waals surface area contributed by atoms with Crippen molar-refractivity contribution in [2.24, 2.45) is 7.05 Å². The molecule has 1 aliphatic rings. The zero-order chi connectivity index (χ0) is 25.4. The SMILES string of the molecule is Cc1ccc(COc2ccc(P)c(C3=CCN(Cc4nc5sc(C(=O)O)cc5n4C)CC3)n2)c(F)c1. The van der Waals surface area contributed by atoms with Crippen LogP contribution in [0.5, 0.6) is 5.88 Å². The highest BCUT2D eigenvalue weighted by atomic mass is 32.1. The summed E-state index contributed by atoms with van der Waals surface area (Å²) in [6.07, 6.45) is 3.00. The number of carboxylic acids is 1. The predicted molar refractivity (Wildman–Crippen MR) is 142 cm³/mol. The average Bonchev–Trinajstić information content (AvgIpc) is 3.39. The quantitative estimate of drug-likeness (QED) is 0.358. The zero-order valence-corrected chi connectivity index (χ0v) is 22.0. The Labute approximate surface area is 214 Å². The van der Waals surface area contributed by atoms with E-state index in [0.29, 0.717) is 22.9 Å². The Kier molecular flexibility index (Phi) is 6.88. The highest BCUT2D eigenvalue weighted by Crippen LogP contribution is 2.28. The fraction of sp³-hybridized carbons (Fsp3) is 0.269. The molecule has 36 heavy (non-hydrogen) atoms. The van der Waals surface area contributed by atoms with E-state index in [1.165, 1.54) is 17.4 Å². The molecular weight excluding hydrogens is 498 g/mol. The first-order valence-electron chi connectivity index (χ1n) is 11.5. The summed E-state index contributed by atoms with van der Waals surface area (Å²) < 4.78 is 21.9. The van der Waals surface area contributed by atoms with Gasteiger partial charge >= 0.3 is 5.97 Å². The molecule has 0 saturated heterocycles. The number of aryl methyl sites for hydroxylation is 2. The van der Waals surface area contributed by atoms with Gasteiger partial charge in [-0.2, -0.15) is 0 Å². The Morgan fingerprint density at radius 3 is 2.78 bits per heavy atom. The minimum absolute atomic E-state index is 0.122. The number of carbonyl (C=O) groups is 1. The van der Waals surface area contributed by atoms with Crippen LogP contribution in [0.1, 0.15) is 38.7 Å². The first-order chi connectivity index (χ1) is 17.3. The second-order valence-electron chi connectivity index (χ2n) is 8.88. The van der Waals surface area contributed by atoms with Crippen molar-refractivity contribution in [1.29, 1.82) is 0 Å². The van der Waals surface area contributed by atoms with Crippen LogP contribution in [-0.4, -0.2) is 43.6 Å². The van der Waals surface area contributed by atoms with Crippen LogP contribution in [0.15, 0.2) is 42.5 Å². The lowest BCUT2D eigenvalue weighted by atomic mass is 10.0. The summed E-state index contributed by atoms with van der Waals surface area (Å²) in [6.45, 7) is 4.25. The number of nitrogens with zero attached hydrogens (tertiary/aromatic N) is 4. The van der Waals surface area contributed by atoms with Gasteiger partial charge in [0.2, 0.25) is 5.88 Å². The summed E-state index contributed by atoms with van der Waals surface area (Å²) in [7, 11) is 4.65. The minimum Gasteiger partial charge on any atom is -0.477 e. The van der Waals surface area contributed by atoms with E-state index in [4.69, 9.17) is 9.72 Å². The summed E-state index contributed by atoms with van der Waals surface area (Å²) in [6, 6.07) is 10.5. The number of halogens is 1. The van der Waals surface area contributed by atoms with Gasteiger partial charge in [-0.05, 0) is 48.0 Å². The van der Waals surface area contributed by atoms with Gasteiger partial charge in [0.1, 0.15) is 28.0 Å². The van der Waals surface area contributed by atoms with E-state index in [2.05, 4.69) is 25.2 Å². The molecular formula is C26H26FN4O3PS. The molecule has 1 N–H and O–H groups in total. The Morgan fingerprint density at radius 1 is 1.25 bits per heavy atom. The highest BCUT2D eigenvalue weighted by Gasteiger charge is 2.20. The number of aromatic carboxylic acids is 1. The number of thiophene rings is 1. The van der Waals surface area contributed by atoms with E-state index < -0.39 is 5.97 Å². The molecule has 10 heteroatoms. The van der Waals surface area contributed by atoms with Crippen LogP contribution < -0.4 is 10.0 Å². The van der Waals surface area contributed by atoms with Crippen LogP contribution in [0.25, 0.3) is 15.9 Å². The van der Waals surface area contributed by atoms with Crippen molar-refractivity contribution in [3.05, 3.63) is 75.8 Å². The van der Waals surface area contributed by atoms with Crippen LogP contribution in [0, 0.1) is 12.7 Å². The van der Waals surface area contributed by atoms with Crippen molar-refractivity contribution in [2.45, 2.75) is 26.5 Å². The second kappa shape index (κ2) is 10.1. The van der Waals surface area contributed by atoms with Crippen molar-refractivity contribution in [2.75, 3.05) is 13.1 Å². The van der Waals surface area contributed by atoms with Crippen molar-refractivity contribution < 1.29 is 19.0 Å². The summed E-state index contributed by atoms with van der Waals surface area (Å²) >= 11 is 1.20. The lowest BCUT2D eigenvalue weighted by Crippen LogP contribution is -2.29. The lowest BCUT2D eigenvalue weighted by molar-refractivity contribution is 0.0702. The summed E-state index contributed by atoms with van der Waals surface area (Å²) in [5, 5.41) is 10.2. The molecule has 0 amide bonds. The third-order valence-corrected chi connectivity index (χ3v) is 7.80. The molecule has 0 spiro atoms. The Hall–Kier alpha value is -3.13. The number of pyridine rings is 1. The molecule has 186 valence electrons. The molecule has 5 rings (SSSR count). The fourth-order valence-electron chi connectivity index (χ4n) is 4.25. The van der Waals surface area contributed by atoms with E-state index >= 15 is 0 Å². The van der Waals surface area contributed by atoms with Crippen LogP contribution in [0.3, 0.4) is 0 Å². The topological polar surface area (TPSA) is 80.5 Å². The van der Waals surface area contributed by atoms with Gasteiger partial charge in [0, 0.05) is 31.8 Å². The molecule has 1 aliphatic heterocycles. The van der Waals surface area contributed by atoms with Crippen LogP contribution in [0.4, 0.5) is 4.39 Å². The molecule has 4 aromatic rings. The number of hydrogen-bond donors (Lipinski definition) is 1. The Bertz CT molecular complexity index is 1500. The maximum atomic E-state index is 14.2. The largest absolute Gasteiger partial charge is 0.477 e. The standard InChI is InChI=1S/C26H26FN4O3PS/c1-15-3-4-17(18(27)11-15)14-34-23-6-5-20(35)24(29-23)16-7-9-31(10-8-16)13-22-28-25-19(30(22)2)12-21(36-25)26(32)33/h3-7,11-12H,8-10,13-14,35H2,1-2H3,(H,32,33). The number of aromatic nitrogens is 3. The van der Waals surface area contributed by atoms with E-state index in [1.54, 1.807) is 18.2 Å². The third-order valence-electron chi connectivity index (χ3n) is 6.33. The van der Waals surface area contributed by atoms with Gasteiger partial charge in [-0.1, -0.05) is 18.2 Å². The molecule has 0 aliphatic carbocycles. The average molecular weight is 525 g/mol. The van der Waals surface area contributed by atoms with Crippen molar-refractivity contribution >= 4 is 47.8 Å². The van der Waals surface area contributed by atoms with Crippen molar-refractivity contribution in [1.82, 2.24) is 19.4 Å². The molecule has 0 saturated carbocycles. The molecule has 1 aromatic carbocycles. The normalized spacial score (nSPS) is 14.3. The van der Waals surface area contributed by atoms with Crippen LogP contribution in [-0.2, 0) is 20.2 Å². The van der Waals surface area contributed by atoms with Crippen LogP contribution in [0.2, 0.25) is 0 Å². The molecule has 0 radical (unpaired) electrons. The number of fused-ring (bicyclic) bond motifs is 1. The van der Waals surface area contributed by atoms with Crippen molar-refractivity contribution in [3.63, 3.8) is 0 Å². The van der Waals surface area contributed by atoms with Gasteiger partial charge in [0.15, 0.2) is 0 Å². The van der Waals surface area contributed by atoms with Gasteiger partial charge in [0.05, 0.1) is 17.8 Å². The Balaban J connectivity index is 1.26. The second-order valence-corrected chi connectivity index (χ2v) is 10.5. The smallest absolute Gasteiger partial charge is 0.346 e. The number of carboxylic acid groups (broad SMARTS) is 1. The maximum absolute atomic E-state index is 14.2. The predicted octanol–water partition coefficient (Wildman–Crippen LogP) is 4.54. The number of benzene rings is 1. The highest BCUT2D eigenvalue weighted by molar-refractivity contribution is 7.27. The molecule has 0 bridgehead atoms. The van der Waals surface area contributed by atoms with Gasteiger partial charge in [0.25, 0.3) is 0 Å². The monoisotopic (exact) mass is 524 g/mol. The molecule has 3 aromatic heterocycles. The van der Waals surface area contributed by atoms with Gasteiger partial charge < -0.3 is 14.4 Å².